The number of carbonyl (C=O) groups excluding carboxylic acids is 1. The molecule has 0 amide bonds. The van der Waals surface area contributed by atoms with E-state index in [0.29, 0.717) is 31.9 Å². The molecule has 4 aromatic rings. The first-order valence-corrected chi connectivity index (χ1v) is 14.5. The van der Waals surface area contributed by atoms with Gasteiger partial charge in [0, 0.05) is 10.4 Å². The first-order chi connectivity index (χ1) is 18.9. The molecule has 7 nitrogen and oxygen atoms in total. The fourth-order valence-corrected chi connectivity index (χ4v) is 6.67. The molecular weight excluding hydrogens is 598 g/mol. The molecule has 2 aromatic carbocycles. The largest absolute Gasteiger partial charge is 0.488 e. The van der Waals surface area contributed by atoms with Crippen LogP contribution < -0.4 is 19.6 Å². The van der Waals surface area contributed by atoms with Gasteiger partial charge in [0.25, 0.3) is 5.56 Å². The predicted octanol–water partition coefficient (Wildman–Crippen LogP) is 5.07. The van der Waals surface area contributed by atoms with E-state index in [1.165, 1.54) is 22.7 Å². The van der Waals surface area contributed by atoms with E-state index in [9.17, 15) is 14.9 Å². The summed E-state index contributed by atoms with van der Waals surface area (Å²) in [5.41, 5.74) is 2.86. The summed E-state index contributed by atoms with van der Waals surface area (Å²) in [5, 5.41) is 11.2. The van der Waals surface area contributed by atoms with E-state index in [2.05, 4.69) is 27.0 Å². The highest BCUT2D eigenvalue weighted by Crippen LogP contribution is 2.33. The van der Waals surface area contributed by atoms with Crippen molar-refractivity contribution in [1.29, 1.82) is 5.26 Å². The third-order valence-corrected chi connectivity index (χ3v) is 8.63. The lowest BCUT2D eigenvalue weighted by atomic mass is 10.0. The van der Waals surface area contributed by atoms with E-state index in [-0.39, 0.29) is 18.8 Å². The summed E-state index contributed by atoms with van der Waals surface area (Å²) in [5.74, 6) is 0.150. The molecule has 0 unspecified atom stereocenters. The van der Waals surface area contributed by atoms with Crippen molar-refractivity contribution in [2.24, 2.45) is 4.99 Å². The molecule has 2 aromatic heterocycles. The topological polar surface area (TPSA) is 93.7 Å². The normalized spacial score (nSPS) is 14.9. The number of thiophene rings is 1. The van der Waals surface area contributed by atoms with Crippen LogP contribution in [0.15, 0.2) is 85.5 Å². The number of benzene rings is 2. The maximum Gasteiger partial charge on any atom is 0.338 e. The number of hydrogen-bond donors (Lipinski definition) is 0. The number of allylic oxidation sites excluding steroid dienone is 1. The molecule has 3 heterocycles. The fourth-order valence-electron chi connectivity index (χ4n) is 4.29. The third kappa shape index (κ3) is 5.39. The standard InChI is InChI=1S/C29H22BrN3O4S2/c1-3-36-28(35)25-17(2)32-29-33(26(25)23-9-6-12-38-23)27(34)24(39-29)14-18-10-11-22(21(30)13-18)37-16-20-8-5-4-7-19(20)15-31/h4-14,26H,3,16H2,1-2H3/b24-14-/t26-/m1/s1. The monoisotopic (exact) mass is 619 g/mol. The molecule has 196 valence electrons. The summed E-state index contributed by atoms with van der Waals surface area (Å²) < 4.78 is 14.1. The van der Waals surface area contributed by atoms with Crippen molar-refractivity contribution in [3.63, 3.8) is 0 Å². The van der Waals surface area contributed by atoms with Crippen LogP contribution in [0.3, 0.4) is 0 Å². The zero-order chi connectivity index (χ0) is 27.5. The molecule has 0 spiro atoms. The minimum absolute atomic E-state index is 0.226. The predicted molar refractivity (Wildman–Crippen MR) is 154 cm³/mol. The third-order valence-electron chi connectivity index (χ3n) is 6.10. The Labute approximate surface area is 240 Å². The maximum absolute atomic E-state index is 13.7. The number of esters is 1. The van der Waals surface area contributed by atoms with Crippen molar-refractivity contribution in [1.82, 2.24) is 4.57 Å². The zero-order valence-corrected chi connectivity index (χ0v) is 24.2. The van der Waals surface area contributed by atoms with Crippen LogP contribution in [0.2, 0.25) is 0 Å². The van der Waals surface area contributed by atoms with Gasteiger partial charge >= 0.3 is 5.97 Å². The molecule has 5 rings (SSSR count). The van der Waals surface area contributed by atoms with E-state index < -0.39 is 12.0 Å². The number of nitrogens with zero attached hydrogens (tertiary/aromatic N) is 3. The Morgan fingerprint density at radius 2 is 2.05 bits per heavy atom. The van der Waals surface area contributed by atoms with Crippen molar-refractivity contribution in [3.8, 4) is 11.8 Å². The second-order valence-electron chi connectivity index (χ2n) is 8.57. The van der Waals surface area contributed by atoms with Gasteiger partial charge in [0.1, 0.15) is 18.4 Å². The first kappa shape index (κ1) is 26.8. The highest BCUT2D eigenvalue weighted by Gasteiger charge is 2.33. The number of halogens is 1. The number of carbonyl (C=O) groups is 1. The average molecular weight is 621 g/mol. The molecule has 0 bridgehead atoms. The van der Waals surface area contributed by atoms with E-state index in [1.54, 1.807) is 30.6 Å². The smallest absolute Gasteiger partial charge is 0.338 e. The summed E-state index contributed by atoms with van der Waals surface area (Å²) in [6, 6.07) is 18.2. The SMILES string of the molecule is CCOC(=O)C1=C(C)N=c2s/c(=C\c3ccc(OCc4ccccc4C#N)c(Br)c3)c(=O)n2[C@@H]1c1cccs1. The highest BCUT2D eigenvalue weighted by molar-refractivity contribution is 9.10. The number of aromatic nitrogens is 1. The van der Waals surface area contributed by atoms with Crippen LogP contribution in [0.1, 0.15) is 41.5 Å². The molecule has 0 aliphatic carbocycles. The van der Waals surface area contributed by atoms with E-state index in [4.69, 9.17) is 9.47 Å². The van der Waals surface area contributed by atoms with Crippen molar-refractivity contribution in [2.75, 3.05) is 6.61 Å². The van der Waals surface area contributed by atoms with Crippen molar-refractivity contribution in [2.45, 2.75) is 26.5 Å². The van der Waals surface area contributed by atoms with E-state index in [0.717, 1.165) is 20.5 Å². The zero-order valence-electron chi connectivity index (χ0n) is 21.0. The van der Waals surface area contributed by atoms with Gasteiger partial charge in [-0.05, 0) is 71.1 Å². The maximum atomic E-state index is 13.7. The van der Waals surface area contributed by atoms with Gasteiger partial charge in [0.15, 0.2) is 4.80 Å². The van der Waals surface area contributed by atoms with E-state index >= 15 is 0 Å². The Hall–Kier alpha value is -3.78. The number of ether oxygens (including phenoxy) is 2. The Balaban J connectivity index is 1.49. The van der Waals surface area contributed by atoms with Crippen LogP contribution in [0.25, 0.3) is 6.08 Å². The number of rotatable bonds is 7. The van der Waals surface area contributed by atoms with Gasteiger partial charge in [-0.25, -0.2) is 9.79 Å². The minimum Gasteiger partial charge on any atom is -0.488 e. The fraction of sp³-hybridized carbons (Fsp3) is 0.172. The molecule has 0 fully saturated rings. The second kappa shape index (κ2) is 11.5. The summed E-state index contributed by atoms with van der Waals surface area (Å²) in [6.07, 6.45) is 1.80. The van der Waals surface area contributed by atoms with Crippen LogP contribution in [0.5, 0.6) is 5.75 Å². The summed E-state index contributed by atoms with van der Waals surface area (Å²) in [6.45, 7) is 4.01. The lowest BCUT2D eigenvalue weighted by Gasteiger charge is -2.23. The van der Waals surface area contributed by atoms with Gasteiger partial charge in [-0.2, -0.15) is 5.26 Å². The summed E-state index contributed by atoms with van der Waals surface area (Å²) in [7, 11) is 0. The minimum atomic E-state index is -0.596. The Morgan fingerprint density at radius 3 is 2.77 bits per heavy atom. The van der Waals surface area contributed by atoms with Crippen LogP contribution >= 0.6 is 38.6 Å². The molecule has 0 N–H and O–H groups in total. The van der Waals surface area contributed by atoms with Crippen LogP contribution in [0, 0.1) is 11.3 Å². The molecule has 0 radical (unpaired) electrons. The molecule has 1 aliphatic rings. The Bertz CT molecular complexity index is 1810. The molecule has 39 heavy (non-hydrogen) atoms. The Morgan fingerprint density at radius 1 is 1.23 bits per heavy atom. The van der Waals surface area contributed by atoms with Crippen LogP contribution in [-0.4, -0.2) is 17.1 Å². The Kier molecular flexibility index (Phi) is 7.93. The number of nitriles is 1. The molecule has 10 heteroatoms. The quantitative estimate of drug-likeness (QED) is 0.269. The number of thiazole rings is 1. The van der Waals surface area contributed by atoms with Gasteiger partial charge in [-0.1, -0.05) is 41.7 Å². The van der Waals surface area contributed by atoms with Crippen LogP contribution in [-0.2, 0) is 16.1 Å². The molecule has 0 saturated carbocycles. The summed E-state index contributed by atoms with van der Waals surface area (Å²) in [4.78, 5) is 32.6. The molecule has 0 saturated heterocycles. The molecule has 1 aliphatic heterocycles. The number of fused-ring (bicyclic) bond motifs is 1. The molecular formula is C29H22BrN3O4S2. The van der Waals surface area contributed by atoms with E-state index in [1.807, 2.05) is 53.9 Å². The van der Waals surface area contributed by atoms with Gasteiger partial charge in [-0.3, -0.25) is 9.36 Å². The van der Waals surface area contributed by atoms with Gasteiger partial charge in [0.05, 0.1) is 38.5 Å². The molecule has 1 atom stereocenters. The van der Waals surface area contributed by atoms with Crippen LogP contribution in [0.4, 0.5) is 0 Å². The van der Waals surface area contributed by atoms with Crippen molar-refractivity contribution in [3.05, 3.63) is 117 Å². The van der Waals surface area contributed by atoms with Crippen molar-refractivity contribution < 1.29 is 14.3 Å². The lowest BCUT2D eigenvalue weighted by Crippen LogP contribution is -2.39. The van der Waals surface area contributed by atoms with Crippen molar-refractivity contribution >= 4 is 50.6 Å². The van der Waals surface area contributed by atoms with Gasteiger partial charge in [0.2, 0.25) is 0 Å². The van der Waals surface area contributed by atoms with Gasteiger partial charge in [-0.15, -0.1) is 11.3 Å². The number of hydrogen-bond acceptors (Lipinski definition) is 8. The van der Waals surface area contributed by atoms with Gasteiger partial charge < -0.3 is 9.47 Å². The lowest BCUT2D eigenvalue weighted by molar-refractivity contribution is -0.139. The highest BCUT2D eigenvalue weighted by atomic mass is 79.9. The summed E-state index contributed by atoms with van der Waals surface area (Å²) >= 11 is 6.32. The first-order valence-electron chi connectivity index (χ1n) is 12.0. The average Bonchev–Trinajstić information content (AvgIpc) is 3.56. The second-order valence-corrected chi connectivity index (χ2v) is 11.4.